The molecule has 2 heterocycles. The average Bonchev–Trinajstić information content (AvgIpc) is 3.19. The maximum absolute atomic E-state index is 12.8. The largest absolute Gasteiger partial charge is 0.349 e. The Balaban J connectivity index is 1.69. The van der Waals surface area contributed by atoms with Gasteiger partial charge >= 0.3 is 0 Å². The third kappa shape index (κ3) is 4.42. The molecule has 1 N–H and O–H groups in total. The Morgan fingerprint density at radius 1 is 1.30 bits per heavy atom. The number of rotatable bonds is 5. The van der Waals surface area contributed by atoms with Gasteiger partial charge in [0, 0.05) is 13.1 Å². The lowest BCUT2D eigenvalue weighted by Gasteiger charge is -2.31. The number of carbonyl (C=O) groups excluding carboxylic acids is 1. The monoisotopic (exact) mass is 406 g/mol. The van der Waals surface area contributed by atoms with Crippen molar-refractivity contribution in [1.29, 1.82) is 0 Å². The van der Waals surface area contributed by atoms with Gasteiger partial charge in [-0.1, -0.05) is 29.8 Å². The molecule has 5 nitrogen and oxygen atoms in total. The maximum Gasteiger partial charge on any atom is 0.252 e. The SMILES string of the molecule is Cc1ccc(C)c([C@H](C)NC(=O)[C@H]2CCCN(S(=O)(=O)c3cccs3)C2)c1. The van der Waals surface area contributed by atoms with Gasteiger partial charge < -0.3 is 5.32 Å². The Hall–Kier alpha value is -1.70. The van der Waals surface area contributed by atoms with Crippen LogP contribution >= 0.6 is 11.3 Å². The smallest absolute Gasteiger partial charge is 0.252 e. The summed E-state index contributed by atoms with van der Waals surface area (Å²) < 4.78 is 27.3. The summed E-state index contributed by atoms with van der Waals surface area (Å²) in [5, 5.41) is 4.84. The van der Waals surface area contributed by atoms with Crippen LogP contribution in [0.1, 0.15) is 42.5 Å². The van der Waals surface area contributed by atoms with Crippen LogP contribution in [0.25, 0.3) is 0 Å². The highest BCUT2D eigenvalue weighted by Crippen LogP contribution is 2.27. The van der Waals surface area contributed by atoms with Gasteiger partial charge in [0.2, 0.25) is 5.91 Å². The summed E-state index contributed by atoms with van der Waals surface area (Å²) in [6, 6.07) is 9.45. The number of thiophene rings is 1. The summed E-state index contributed by atoms with van der Waals surface area (Å²) in [5.41, 5.74) is 3.39. The molecule has 7 heteroatoms. The van der Waals surface area contributed by atoms with Crippen molar-refractivity contribution < 1.29 is 13.2 Å². The van der Waals surface area contributed by atoms with E-state index < -0.39 is 10.0 Å². The molecule has 1 amide bonds. The normalized spacial score (nSPS) is 19.6. The lowest BCUT2D eigenvalue weighted by molar-refractivity contribution is -0.126. The predicted octanol–water partition coefficient (Wildman–Crippen LogP) is 3.64. The van der Waals surface area contributed by atoms with Gasteiger partial charge in [-0.15, -0.1) is 11.3 Å². The van der Waals surface area contributed by atoms with E-state index in [4.69, 9.17) is 0 Å². The minimum absolute atomic E-state index is 0.0746. The van der Waals surface area contributed by atoms with E-state index in [-0.39, 0.29) is 24.4 Å². The molecule has 0 bridgehead atoms. The lowest BCUT2D eigenvalue weighted by Crippen LogP contribution is -2.45. The Morgan fingerprint density at radius 3 is 2.78 bits per heavy atom. The molecule has 1 aromatic heterocycles. The fraction of sp³-hybridized carbons (Fsp3) is 0.450. The third-order valence-electron chi connectivity index (χ3n) is 5.10. The van der Waals surface area contributed by atoms with E-state index in [9.17, 15) is 13.2 Å². The number of benzene rings is 1. The third-order valence-corrected chi connectivity index (χ3v) is 8.34. The molecule has 0 aliphatic carbocycles. The Labute approximate surface area is 165 Å². The second kappa shape index (κ2) is 8.12. The van der Waals surface area contributed by atoms with E-state index >= 15 is 0 Å². The second-order valence-corrected chi connectivity index (χ2v) is 10.3. The van der Waals surface area contributed by atoms with Gasteiger partial charge in [-0.3, -0.25) is 4.79 Å². The van der Waals surface area contributed by atoms with Crippen LogP contribution in [0.5, 0.6) is 0 Å². The molecule has 1 saturated heterocycles. The molecule has 2 aromatic rings. The zero-order valence-electron chi connectivity index (χ0n) is 15.9. The Kier molecular flexibility index (Phi) is 6.03. The first-order chi connectivity index (χ1) is 12.8. The van der Waals surface area contributed by atoms with E-state index in [1.54, 1.807) is 17.5 Å². The number of nitrogens with zero attached hydrogens (tertiary/aromatic N) is 1. The molecule has 3 rings (SSSR count). The highest BCUT2D eigenvalue weighted by atomic mass is 32.2. The van der Waals surface area contributed by atoms with Gasteiger partial charge in [0.15, 0.2) is 0 Å². The molecule has 27 heavy (non-hydrogen) atoms. The van der Waals surface area contributed by atoms with Crippen molar-refractivity contribution in [2.75, 3.05) is 13.1 Å². The minimum Gasteiger partial charge on any atom is -0.349 e. The molecular formula is C20H26N2O3S2. The zero-order valence-corrected chi connectivity index (χ0v) is 17.6. The summed E-state index contributed by atoms with van der Waals surface area (Å²) in [6.07, 6.45) is 1.41. The van der Waals surface area contributed by atoms with Crippen LogP contribution in [-0.2, 0) is 14.8 Å². The van der Waals surface area contributed by atoms with Gasteiger partial charge in [-0.2, -0.15) is 4.31 Å². The van der Waals surface area contributed by atoms with Crippen LogP contribution < -0.4 is 5.32 Å². The van der Waals surface area contributed by atoms with E-state index in [1.165, 1.54) is 15.6 Å². The van der Waals surface area contributed by atoms with Crippen LogP contribution in [-0.4, -0.2) is 31.7 Å². The molecule has 1 aliphatic rings. The van der Waals surface area contributed by atoms with Crippen LogP contribution in [0, 0.1) is 19.8 Å². The van der Waals surface area contributed by atoms with Crippen LogP contribution in [0.4, 0.5) is 0 Å². The number of aryl methyl sites for hydroxylation is 2. The minimum atomic E-state index is -3.51. The van der Waals surface area contributed by atoms with Crippen molar-refractivity contribution >= 4 is 27.3 Å². The number of hydrogen-bond acceptors (Lipinski definition) is 4. The molecule has 0 unspecified atom stereocenters. The van der Waals surface area contributed by atoms with Crippen molar-refractivity contribution in [3.05, 3.63) is 52.4 Å². The van der Waals surface area contributed by atoms with Crippen LogP contribution in [0.3, 0.4) is 0 Å². The first-order valence-electron chi connectivity index (χ1n) is 9.20. The van der Waals surface area contributed by atoms with Gasteiger partial charge in [0.25, 0.3) is 10.0 Å². The highest BCUT2D eigenvalue weighted by Gasteiger charge is 2.34. The number of nitrogens with one attached hydrogen (secondary N) is 1. The summed E-state index contributed by atoms with van der Waals surface area (Å²) >= 11 is 1.21. The van der Waals surface area contributed by atoms with E-state index in [2.05, 4.69) is 23.5 Å². The molecule has 0 spiro atoms. The highest BCUT2D eigenvalue weighted by molar-refractivity contribution is 7.91. The summed E-state index contributed by atoms with van der Waals surface area (Å²) in [4.78, 5) is 12.8. The quantitative estimate of drug-likeness (QED) is 0.824. The van der Waals surface area contributed by atoms with Crippen molar-refractivity contribution in [1.82, 2.24) is 9.62 Å². The zero-order chi connectivity index (χ0) is 19.6. The molecule has 0 saturated carbocycles. The fourth-order valence-electron chi connectivity index (χ4n) is 3.55. The first kappa shape index (κ1) is 20.0. The predicted molar refractivity (Wildman–Crippen MR) is 108 cm³/mol. The van der Waals surface area contributed by atoms with Crippen molar-refractivity contribution in [2.24, 2.45) is 5.92 Å². The second-order valence-electron chi connectivity index (χ2n) is 7.22. The fourth-order valence-corrected chi connectivity index (χ4v) is 6.22. The van der Waals surface area contributed by atoms with E-state index in [1.807, 2.05) is 20.8 Å². The lowest BCUT2D eigenvalue weighted by atomic mass is 9.96. The summed E-state index contributed by atoms with van der Waals surface area (Å²) in [5.74, 6) is -0.393. The maximum atomic E-state index is 12.8. The number of carbonyl (C=O) groups is 1. The first-order valence-corrected chi connectivity index (χ1v) is 11.5. The molecular weight excluding hydrogens is 380 g/mol. The van der Waals surface area contributed by atoms with E-state index in [0.717, 1.165) is 16.7 Å². The Morgan fingerprint density at radius 2 is 2.07 bits per heavy atom. The van der Waals surface area contributed by atoms with Gasteiger partial charge in [-0.05, 0) is 56.2 Å². The average molecular weight is 407 g/mol. The number of amides is 1. The standard InChI is InChI=1S/C20H26N2O3S2/c1-14-8-9-15(2)18(12-14)16(3)21-20(23)17-6-4-10-22(13-17)27(24,25)19-7-5-11-26-19/h5,7-9,11-12,16-17H,4,6,10,13H2,1-3H3,(H,21,23)/t16-,17-/m0/s1. The molecule has 1 aromatic carbocycles. The summed E-state index contributed by atoms with van der Waals surface area (Å²) in [7, 11) is -3.51. The number of piperidine rings is 1. The molecule has 2 atom stereocenters. The molecule has 146 valence electrons. The van der Waals surface area contributed by atoms with Crippen molar-refractivity contribution in [2.45, 2.75) is 43.9 Å². The van der Waals surface area contributed by atoms with Crippen LogP contribution in [0.2, 0.25) is 0 Å². The van der Waals surface area contributed by atoms with Gasteiger partial charge in [-0.25, -0.2) is 8.42 Å². The molecule has 1 aliphatic heterocycles. The summed E-state index contributed by atoms with van der Waals surface area (Å²) in [6.45, 7) is 6.75. The molecule has 0 radical (unpaired) electrons. The number of sulfonamides is 1. The van der Waals surface area contributed by atoms with Crippen LogP contribution in [0.15, 0.2) is 39.9 Å². The molecule has 1 fully saturated rings. The van der Waals surface area contributed by atoms with Gasteiger partial charge in [0.1, 0.15) is 4.21 Å². The number of hydrogen-bond donors (Lipinski definition) is 1. The van der Waals surface area contributed by atoms with Gasteiger partial charge in [0.05, 0.1) is 12.0 Å². The van der Waals surface area contributed by atoms with Crippen molar-refractivity contribution in [3.8, 4) is 0 Å². The Bertz CT molecular complexity index is 907. The van der Waals surface area contributed by atoms with Crippen molar-refractivity contribution in [3.63, 3.8) is 0 Å². The topological polar surface area (TPSA) is 66.5 Å². The van der Waals surface area contributed by atoms with E-state index in [0.29, 0.717) is 23.6 Å².